The number of hydrogen-bond donors (Lipinski definition) is 2. The van der Waals surface area contributed by atoms with Crippen molar-refractivity contribution < 1.29 is 10.2 Å². The first-order chi connectivity index (χ1) is 8.06. The number of pyridine rings is 1. The molecule has 0 aromatic carbocycles. The molecule has 17 heavy (non-hydrogen) atoms. The molecule has 2 aromatic rings. The molecule has 0 bridgehead atoms. The third-order valence-corrected chi connectivity index (χ3v) is 2.87. The van der Waals surface area contributed by atoms with Crippen LogP contribution in [0.2, 0.25) is 5.15 Å². The first-order valence-electron chi connectivity index (χ1n) is 5.37. The second-order valence-corrected chi connectivity index (χ2v) is 4.48. The van der Waals surface area contributed by atoms with Crippen molar-refractivity contribution in [3.05, 3.63) is 23.1 Å². The average Bonchev–Trinajstić information content (AvgIpc) is 2.69. The highest BCUT2D eigenvalue weighted by Crippen LogP contribution is 2.30. The second-order valence-electron chi connectivity index (χ2n) is 4.12. The summed E-state index contributed by atoms with van der Waals surface area (Å²) in [6, 6.07) is 1.93. The summed E-state index contributed by atoms with van der Waals surface area (Å²) in [6.45, 7) is 3.57. The SMILES string of the molecule is CC(C)n1nc(C(O)CO)c2c(Cl)nccc21. The molecule has 0 aliphatic carbocycles. The van der Waals surface area contributed by atoms with Gasteiger partial charge in [0.1, 0.15) is 17.0 Å². The van der Waals surface area contributed by atoms with Gasteiger partial charge in [0, 0.05) is 12.2 Å². The van der Waals surface area contributed by atoms with Crippen molar-refractivity contribution in [1.82, 2.24) is 14.8 Å². The van der Waals surface area contributed by atoms with Crippen LogP contribution in [0.1, 0.15) is 31.7 Å². The van der Waals surface area contributed by atoms with E-state index in [-0.39, 0.29) is 11.2 Å². The van der Waals surface area contributed by atoms with Crippen LogP contribution in [-0.4, -0.2) is 31.6 Å². The third-order valence-electron chi connectivity index (χ3n) is 2.58. The average molecular weight is 256 g/mol. The van der Waals surface area contributed by atoms with Crippen LogP contribution in [0.4, 0.5) is 0 Å². The molecule has 0 spiro atoms. The minimum Gasteiger partial charge on any atom is -0.393 e. The number of aromatic nitrogens is 3. The number of nitrogens with zero attached hydrogens (tertiary/aromatic N) is 3. The van der Waals surface area contributed by atoms with E-state index < -0.39 is 12.7 Å². The van der Waals surface area contributed by atoms with Crippen LogP contribution in [0.5, 0.6) is 0 Å². The Morgan fingerprint density at radius 3 is 2.76 bits per heavy atom. The molecule has 0 amide bonds. The first kappa shape index (κ1) is 12.3. The van der Waals surface area contributed by atoms with Crippen LogP contribution in [0.15, 0.2) is 12.3 Å². The van der Waals surface area contributed by atoms with E-state index in [9.17, 15) is 5.11 Å². The molecule has 2 aromatic heterocycles. The van der Waals surface area contributed by atoms with Crippen molar-refractivity contribution >= 4 is 22.5 Å². The molecule has 0 aliphatic heterocycles. The lowest BCUT2D eigenvalue weighted by Crippen LogP contribution is -2.07. The Labute approximate surface area is 104 Å². The molecule has 2 heterocycles. The Morgan fingerprint density at radius 2 is 2.18 bits per heavy atom. The third kappa shape index (κ3) is 2.01. The molecule has 5 nitrogen and oxygen atoms in total. The normalized spacial score (nSPS) is 13.5. The number of halogens is 1. The summed E-state index contributed by atoms with van der Waals surface area (Å²) >= 11 is 6.02. The Hall–Kier alpha value is -1.17. The smallest absolute Gasteiger partial charge is 0.140 e. The summed E-state index contributed by atoms with van der Waals surface area (Å²) in [4.78, 5) is 3.98. The maximum atomic E-state index is 9.73. The van der Waals surface area contributed by atoms with Gasteiger partial charge in [-0.2, -0.15) is 5.10 Å². The van der Waals surface area contributed by atoms with Crippen LogP contribution in [0, 0.1) is 0 Å². The fraction of sp³-hybridized carbons (Fsp3) is 0.455. The number of rotatable bonds is 3. The molecule has 0 saturated carbocycles. The van der Waals surface area contributed by atoms with E-state index in [1.807, 2.05) is 13.8 Å². The van der Waals surface area contributed by atoms with E-state index in [4.69, 9.17) is 16.7 Å². The highest BCUT2D eigenvalue weighted by molar-refractivity contribution is 6.34. The number of aliphatic hydroxyl groups excluding tert-OH is 2. The molecule has 0 fully saturated rings. The molecule has 92 valence electrons. The molecule has 2 N–H and O–H groups in total. The van der Waals surface area contributed by atoms with E-state index in [1.165, 1.54) is 0 Å². The molecule has 0 radical (unpaired) electrons. The van der Waals surface area contributed by atoms with Gasteiger partial charge in [-0.05, 0) is 19.9 Å². The van der Waals surface area contributed by atoms with Gasteiger partial charge < -0.3 is 10.2 Å². The van der Waals surface area contributed by atoms with Gasteiger partial charge in [0.05, 0.1) is 17.5 Å². The van der Waals surface area contributed by atoms with Gasteiger partial charge in [-0.25, -0.2) is 4.98 Å². The summed E-state index contributed by atoms with van der Waals surface area (Å²) in [5.41, 5.74) is 1.18. The summed E-state index contributed by atoms with van der Waals surface area (Å²) < 4.78 is 1.76. The van der Waals surface area contributed by atoms with Gasteiger partial charge in [-0.3, -0.25) is 4.68 Å². The van der Waals surface area contributed by atoms with Crippen molar-refractivity contribution in [3.8, 4) is 0 Å². The molecule has 0 saturated heterocycles. The fourth-order valence-corrected chi connectivity index (χ4v) is 2.04. The highest BCUT2D eigenvalue weighted by Gasteiger charge is 2.20. The standard InChI is InChI=1S/C11H14ClN3O2/c1-6(2)15-7-3-4-13-11(12)9(7)10(14-15)8(17)5-16/h3-4,6,8,16-17H,5H2,1-2H3. The molecule has 1 unspecified atom stereocenters. The molecule has 6 heteroatoms. The van der Waals surface area contributed by atoms with Gasteiger partial charge in [0.2, 0.25) is 0 Å². The monoisotopic (exact) mass is 255 g/mol. The van der Waals surface area contributed by atoms with Crippen molar-refractivity contribution in [2.24, 2.45) is 0 Å². The lowest BCUT2D eigenvalue weighted by molar-refractivity contribution is 0.0925. The van der Waals surface area contributed by atoms with Gasteiger partial charge in [-0.1, -0.05) is 11.6 Å². The summed E-state index contributed by atoms with van der Waals surface area (Å²) in [7, 11) is 0. The van der Waals surface area contributed by atoms with Crippen molar-refractivity contribution in [2.75, 3.05) is 6.61 Å². The largest absolute Gasteiger partial charge is 0.393 e. The van der Waals surface area contributed by atoms with Crippen molar-refractivity contribution in [1.29, 1.82) is 0 Å². The fourth-order valence-electron chi connectivity index (χ4n) is 1.79. The quantitative estimate of drug-likeness (QED) is 0.819. The minimum absolute atomic E-state index is 0.135. The van der Waals surface area contributed by atoms with Crippen molar-refractivity contribution in [3.63, 3.8) is 0 Å². The van der Waals surface area contributed by atoms with Crippen LogP contribution < -0.4 is 0 Å². The molecular weight excluding hydrogens is 242 g/mol. The summed E-state index contributed by atoms with van der Waals surface area (Å²) in [5.74, 6) is 0. The Balaban J connectivity index is 2.76. The van der Waals surface area contributed by atoms with E-state index in [2.05, 4.69) is 10.1 Å². The zero-order valence-electron chi connectivity index (χ0n) is 9.63. The van der Waals surface area contributed by atoms with Crippen molar-refractivity contribution in [2.45, 2.75) is 26.0 Å². The van der Waals surface area contributed by atoms with Crippen LogP contribution >= 0.6 is 11.6 Å². The van der Waals surface area contributed by atoms with Crippen LogP contribution in [0.3, 0.4) is 0 Å². The lowest BCUT2D eigenvalue weighted by atomic mass is 10.2. The maximum Gasteiger partial charge on any atom is 0.140 e. The van der Waals surface area contributed by atoms with Crippen LogP contribution in [-0.2, 0) is 0 Å². The number of hydrogen-bond acceptors (Lipinski definition) is 4. The van der Waals surface area contributed by atoms with E-state index in [1.54, 1.807) is 16.9 Å². The lowest BCUT2D eigenvalue weighted by Gasteiger charge is -2.06. The Morgan fingerprint density at radius 1 is 1.47 bits per heavy atom. The minimum atomic E-state index is -1.04. The van der Waals surface area contributed by atoms with Gasteiger partial charge >= 0.3 is 0 Å². The topological polar surface area (TPSA) is 71.2 Å². The molecular formula is C11H14ClN3O2. The van der Waals surface area contributed by atoms with Gasteiger partial charge in [-0.15, -0.1) is 0 Å². The number of aliphatic hydroxyl groups is 2. The molecule has 2 rings (SSSR count). The predicted molar refractivity (Wildman–Crippen MR) is 65.0 cm³/mol. The van der Waals surface area contributed by atoms with E-state index in [0.29, 0.717) is 11.1 Å². The second kappa shape index (κ2) is 4.60. The van der Waals surface area contributed by atoms with E-state index >= 15 is 0 Å². The van der Waals surface area contributed by atoms with E-state index in [0.717, 1.165) is 5.52 Å². The Kier molecular flexibility index (Phi) is 3.33. The van der Waals surface area contributed by atoms with Gasteiger partial charge in [0.15, 0.2) is 0 Å². The summed E-state index contributed by atoms with van der Waals surface area (Å²) in [5, 5.41) is 24.0. The first-order valence-corrected chi connectivity index (χ1v) is 5.75. The zero-order chi connectivity index (χ0) is 12.6. The zero-order valence-corrected chi connectivity index (χ0v) is 10.4. The van der Waals surface area contributed by atoms with Gasteiger partial charge in [0.25, 0.3) is 0 Å². The van der Waals surface area contributed by atoms with Crippen LogP contribution in [0.25, 0.3) is 10.9 Å². The predicted octanol–water partition coefficient (Wildman–Crippen LogP) is 1.69. The number of fused-ring (bicyclic) bond motifs is 1. The Bertz CT molecular complexity index is 539. The molecule has 0 aliphatic rings. The molecule has 1 atom stereocenters. The maximum absolute atomic E-state index is 9.73. The summed E-state index contributed by atoms with van der Waals surface area (Å²) in [6.07, 6.45) is 0.555. The highest BCUT2D eigenvalue weighted by atomic mass is 35.5.